The van der Waals surface area contributed by atoms with Crippen LogP contribution in [0.15, 0.2) is 0 Å². The molecule has 0 bridgehead atoms. The summed E-state index contributed by atoms with van der Waals surface area (Å²) in [4.78, 5) is 19.3. The second-order valence-corrected chi connectivity index (χ2v) is 3.08. The summed E-state index contributed by atoms with van der Waals surface area (Å²) in [6.07, 6.45) is -2.63. The van der Waals surface area contributed by atoms with Crippen molar-refractivity contribution in [3.63, 3.8) is 0 Å². The van der Waals surface area contributed by atoms with Gasteiger partial charge in [0.2, 0.25) is 0 Å². The van der Waals surface area contributed by atoms with Crippen molar-refractivity contribution in [3.05, 3.63) is 0 Å². The zero-order valence-electron chi connectivity index (χ0n) is 4.90. The molecule has 0 amide bonds. The van der Waals surface area contributed by atoms with Crippen molar-refractivity contribution < 1.29 is 55.4 Å². The van der Waals surface area contributed by atoms with Gasteiger partial charge in [-0.15, -0.1) is 0 Å². The summed E-state index contributed by atoms with van der Waals surface area (Å²) in [6.45, 7) is 0. The number of carbonyl (C=O) groups excluding carboxylic acids is 2. The summed E-state index contributed by atoms with van der Waals surface area (Å²) in [7, 11) is 0. The Morgan fingerprint density at radius 3 is 2.40 bits per heavy atom. The van der Waals surface area contributed by atoms with E-state index < -0.39 is 28.0 Å². The standard InChI is InChI=1S/C2HAsO6.Na/c4-1(5)7-3-8-2(6)9-3;/h(H,4,5);/q;+1/p-1. The second-order valence-electron chi connectivity index (χ2n) is 0.997. The third-order valence-corrected chi connectivity index (χ3v) is 2.32. The maximum Gasteiger partial charge on any atom is 1.00 e. The number of carbonyl (C=O) groups is 2. The fourth-order valence-electron chi connectivity index (χ4n) is 0.227. The maximum atomic E-state index is 9.79. The van der Waals surface area contributed by atoms with E-state index >= 15 is 0 Å². The van der Waals surface area contributed by atoms with Gasteiger partial charge in [0.15, 0.2) is 0 Å². The van der Waals surface area contributed by atoms with E-state index in [0.29, 0.717) is 0 Å². The predicted octanol–water partition coefficient (Wildman–Crippen LogP) is -4.50. The molecule has 0 aliphatic carbocycles. The molecule has 1 fully saturated rings. The van der Waals surface area contributed by atoms with Crippen LogP contribution < -0.4 is 34.7 Å². The summed E-state index contributed by atoms with van der Waals surface area (Å²) in [5, 5.41) is 9.54. The molecule has 1 saturated heterocycles. The fourth-order valence-corrected chi connectivity index (χ4v) is 1.18. The van der Waals surface area contributed by atoms with Crippen LogP contribution in [0.2, 0.25) is 0 Å². The molecular formula is C2AsNaO6. The first-order valence-corrected chi connectivity index (χ1v) is 4.07. The van der Waals surface area contributed by atoms with Crippen molar-refractivity contribution >= 4 is 28.0 Å². The van der Waals surface area contributed by atoms with Crippen LogP contribution in [-0.4, -0.2) is 28.0 Å². The molecule has 1 aliphatic rings. The van der Waals surface area contributed by atoms with E-state index in [1.54, 1.807) is 0 Å². The summed E-state index contributed by atoms with van der Waals surface area (Å²) in [6, 6.07) is 0. The van der Waals surface area contributed by atoms with Crippen molar-refractivity contribution in [1.29, 1.82) is 0 Å². The first-order valence-electron chi connectivity index (χ1n) is 1.77. The molecule has 0 aromatic rings. The van der Waals surface area contributed by atoms with E-state index in [-0.39, 0.29) is 29.6 Å². The third-order valence-electron chi connectivity index (χ3n) is 0.447. The van der Waals surface area contributed by atoms with Gasteiger partial charge in [0.25, 0.3) is 0 Å². The Kier molecular flexibility index (Phi) is 4.12. The molecule has 1 heterocycles. The number of hydrogen-bond acceptors (Lipinski definition) is 6. The van der Waals surface area contributed by atoms with Gasteiger partial charge in [-0.2, -0.15) is 0 Å². The Morgan fingerprint density at radius 2 is 2.10 bits per heavy atom. The Labute approximate surface area is 83.0 Å². The molecule has 1 aliphatic heterocycles. The maximum absolute atomic E-state index is 9.79. The minimum atomic E-state index is -2.69. The van der Waals surface area contributed by atoms with Gasteiger partial charge in [-0.3, -0.25) is 0 Å². The molecule has 0 aromatic heterocycles. The predicted molar refractivity (Wildman–Crippen MR) is 19.8 cm³/mol. The SMILES string of the molecule is O=C([O-])O[As]1OC(=O)O1.[Na+]. The van der Waals surface area contributed by atoms with Crippen LogP contribution in [0, 0.1) is 0 Å². The second kappa shape index (κ2) is 4.08. The van der Waals surface area contributed by atoms with Crippen molar-refractivity contribution in [1.82, 2.24) is 0 Å². The van der Waals surface area contributed by atoms with Gasteiger partial charge < -0.3 is 0 Å². The van der Waals surface area contributed by atoms with Gasteiger partial charge in [-0.25, -0.2) is 0 Å². The van der Waals surface area contributed by atoms with Crippen LogP contribution in [0.1, 0.15) is 0 Å². The molecule has 1 rings (SSSR count). The van der Waals surface area contributed by atoms with Crippen LogP contribution in [0.4, 0.5) is 9.59 Å². The van der Waals surface area contributed by atoms with Gasteiger partial charge in [-0.05, 0) is 0 Å². The fraction of sp³-hybridized carbons (Fsp3) is 0. The minimum Gasteiger partial charge on any atom is 1.00 e. The topological polar surface area (TPSA) is 84.9 Å². The summed E-state index contributed by atoms with van der Waals surface area (Å²) in [5.41, 5.74) is 0. The van der Waals surface area contributed by atoms with E-state index in [0.717, 1.165) is 0 Å². The van der Waals surface area contributed by atoms with E-state index in [1.165, 1.54) is 0 Å². The molecule has 8 heteroatoms. The van der Waals surface area contributed by atoms with Crippen LogP contribution in [0.3, 0.4) is 0 Å². The molecule has 0 N–H and O–H groups in total. The Bertz CT molecular complexity index is 150. The molecule has 0 saturated carbocycles. The van der Waals surface area contributed by atoms with Crippen LogP contribution in [0.25, 0.3) is 0 Å². The largest absolute Gasteiger partial charge is 1.00 e. The van der Waals surface area contributed by atoms with Crippen LogP contribution in [0.5, 0.6) is 0 Å². The Hall–Kier alpha value is 0.0984. The van der Waals surface area contributed by atoms with Gasteiger partial charge in [-0.1, -0.05) is 0 Å². The third kappa shape index (κ3) is 2.79. The zero-order chi connectivity index (χ0) is 6.85. The first kappa shape index (κ1) is 10.1. The molecule has 0 unspecified atom stereocenters. The zero-order valence-corrected chi connectivity index (χ0v) is 8.77. The van der Waals surface area contributed by atoms with E-state index in [9.17, 15) is 14.7 Å². The molecule has 0 spiro atoms. The Morgan fingerprint density at radius 1 is 1.60 bits per heavy atom. The summed E-state index contributed by atoms with van der Waals surface area (Å²) >= 11 is -2.69. The van der Waals surface area contributed by atoms with Gasteiger partial charge >= 0.3 is 83.4 Å². The van der Waals surface area contributed by atoms with Gasteiger partial charge in [0.1, 0.15) is 0 Å². The smallest absolute Gasteiger partial charge is 1.00 e. The molecule has 0 atom stereocenters. The van der Waals surface area contributed by atoms with Crippen molar-refractivity contribution in [2.45, 2.75) is 0 Å². The normalized spacial score (nSPS) is 15.4. The van der Waals surface area contributed by atoms with Crippen molar-refractivity contribution in [2.75, 3.05) is 0 Å². The average Bonchev–Trinajstić information content (AvgIpc) is 1.60. The molecule has 0 aromatic carbocycles. The summed E-state index contributed by atoms with van der Waals surface area (Å²) < 4.78 is 12.0. The molecule has 10 heavy (non-hydrogen) atoms. The van der Waals surface area contributed by atoms with E-state index in [4.69, 9.17) is 0 Å². The van der Waals surface area contributed by atoms with Crippen molar-refractivity contribution in [3.8, 4) is 0 Å². The minimum absolute atomic E-state index is 0. The van der Waals surface area contributed by atoms with E-state index in [2.05, 4.69) is 11.2 Å². The quantitative estimate of drug-likeness (QED) is 0.412. The van der Waals surface area contributed by atoms with Gasteiger partial charge in [0, 0.05) is 0 Å². The number of carboxylic acid groups (broad SMARTS) is 1. The van der Waals surface area contributed by atoms with Crippen LogP contribution in [-0.2, 0) is 11.2 Å². The molecule has 50 valence electrons. The van der Waals surface area contributed by atoms with Gasteiger partial charge in [0.05, 0.1) is 0 Å². The van der Waals surface area contributed by atoms with E-state index in [1.807, 2.05) is 0 Å². The molecule has 6 nitrogen and oxygen atoms in total. The summed E-state index contributed by atoms with van der Waals surface area (Å²) in [5.74, 6) is 0. The number of rotatable bonds is 1. The van der Waals surface area contributed by atoms with Crippen LogP contribution >= 0.6 is 0 Å². The van der Waals surface area contributed by atoms with Crippen molar-refractivity contribution in [2.24, 2.45) is 0 Å². The number of hydrogen-bond donors (Lipinski definition) is 0. The average molecular weight is 218 g/mol. The monoisotopic (exact) mass is 218 g/mol. The molecule has 0 radical (unpaired) electrons. The first-order chi connectivity index (χ1) is 4.18. The Balaban J connectivity index is 0.000000810. The molecular weight excluding hydrogens is 218 g/mol.